The zero-order chi connectivity index (χ0) is 22.0. The molecule has 3 N–H and O–H groups in total. The molecular formula is C20H32BN3O5. The van der Waals surface area contributed by atoms with E-state index in [1.54, 1.807) is 39.0 Å². The molecule has 1 amide bonds. The van der Waals surface area contributed by atoms with Crippen molar-refractivity contribution >= 4 is 25.0 Å². The molecule has 1 aliphatic heterocycles. The van der Waals surface area contributed by atoms with Crippen molar-refractivity contribution in [1.82, 2.24) is 10.3 Å². The quantitative estimate of drug-likeness (QED) is 0.725. The van der Waals surface area contributed by atoms with Crippen molar-refractivity contribution in [2.45, 2.75) is 65.3 Å². The SMILES string of the molecule is COc1ccc(N)c(C=C(CNC(=O)OC(C)(C)C)B2OC(C)(C)C(C)(C)O2)n1. The maximum atomic E-state index is 12.2. The van der Waals surface area contributed by atoms with Crippen molar-refractivity contribution < 1.29 is 23.6 Å². The van der Waals surface area contributed by atoms with E-state index in [9.17, 15) is 4.79 Å². The average Bonchev–Trinajstić information content (AvgIpc) is 2.79. The van der Waals surface area contributed by atoms with Gasteiger partial charge in [0.05, 0.1) is 29.7 Å². The maximum Gasteiger partial charge on any atom is 0.492 e. The highest BCUT2D eigenvalue weighted by Crippen LogP contribution is 2.39. The Kier molecular flexibility index (Phi) is 6.54. The molecule has 2 rings (SSSR count). The molecule has 9 heteroatoms. The Morgan fingerprint density at radius 1 is 1.24 bits per heavy atom. The summed E-state index contributed by atoms with van der Waals surface area (Å²) in [6.07, 6.45) is 1.21. The molecule has 2 heterocycles. The largest absolute Gasteiger partial charge is 0.492 e. The van der Waals surface area contributed by atoms with Gasteiger partial charge in [-0.15, -0.1) is 0 Å². The first-order valence-corrected chi connectivity index (χ1v) is 9.57. The van der Waals surface area contributed by atoms with Crippen LogP contribution in [0.25, 0.3) is 6.08 Å². The summed E-state index contributed by atoms with van der Waals surface area (Å²) >= 11 is 0. The molecule has 0 bridgehead atoms. The van der Waals surface area contributed by atoms with Crippen molar-refractivity contribution in [2.75, 3.05) is 19.4 Å². The maximum absolute atomic E-state index is 12.2. The number of anilines is 1. The molecule has 0 aliphatic carbocycles. The first-order valence-electron chi connectivity index (χ1n) is 9.57. The molecule has 0 spiro atoms. The van der Waals surface area contributed by atoms with Gasteiger partial charge in [0.2, 0.25) is 5.88 Å². The number of carbonyl (C=O) groups excluding carboxylic acids is 1. The third kappa shape index (κ3) is 5.87. The minimum atomic E-state index is -0.678. The second-order valence-corrected chi connectivity index (χ2v) is 8.99. The van der Waals surface area contributed by atoms with Gasteiger partial charge in [0, 0.05) is 12.6 Å². The lowest BCUT2D eigenvalue weighted by Gasteiger charge is -2.32. The average molecular weight is 405 g/mol. The summed E-state index contributed by atoms with van der Waals surface area (Å²) in [6.45, 7) is 13.4. The fourth-order valence-corrected chi connectivity index (χ4v) is 2.56. The number of amides is 1. The number of hydrogen-bond acceptors (Lipinski definition) is 7. The molecule has 0 saturated carbocycles. The number of hydrogen-bond donors (Lipinski definition) is 2. The molecule has 0 radical (unpaired) electrons. The van der Waals surface area contributed by atoms with Gasteiger partial charge in [-0.25, -0.2) is 9.78 Å². The summed E-state index contributed by atoms with van der Waals surface area (Å²) in [5, 5.41) is 2.75. The monoisotopic (exact) mass is 405 g/mol. The lowest BCUT2D eigenvalue weighted by atomic mass is 9.77. The van der Waals surface area contributed by atoms with E-state index in [1.807, 2.05) is 27.7 Å². The number of nitrogens with one attached hydrogen (secondary N) is 1. The van der Waals surface area contributed by atoms with Crippen LogP contribution in [0.3, 0.4) is 0 Å². The van der Waals surface area contributed by atoms with Gasteiger partial charge in [0.25, 0.3) is 0 Å². The highest BCUT2D eigenvalue weighted by atomic mass is 16.7. The number of aromatic nitrogens is 1. The molecular weight excluding hydrogens is 373 g/mol. The van der Waals surface area contributed by atoms with Gasteiger partial charge in [0.1, 0.15) is 5.60 Å². The first-order chi connectivity index (χ1) is 13.2. The van der Waals surface area contributed by atoms with Gasteiger partial charge in [-0.1, -0.05) is 0 Å². The highest BCUT2D eigenvalue weighted by molar-refractivity contribution is 6.56. The molecule has 1 aromatic heterocycles. The first kappa shape index (κ1) is 23.0. The van der Waals surface area contributed by atoms with Crippen LogP contribution in [0.15, 0.2) is 17.6 Å². The summed E-state index contributed by atoms with van der Waals surface area (Å²) in [5.41, 5.74) is 6.04. The van der Waals surface area contributed by atoms with Crippen LogP contribution in [0.2, 0.25) is 0 Å². The Morgan fingerprint density at radius 3 is 2.34 bits per heavy atom. The fraction of sp³-hybridized carbons (Fsp3) is 0.600. The molecule has 1 aromatic rings. The van der Waals surface area contributed by atoms with Crippen LogP contribution in [-0.4, -0.2) is 48.7 Å². The van der Waals surface area contributed by atoms with Crippen LogP contribution in [-0.2, 0) is 14.0 Å². The van der Waals surface area contributed by atoms with E-state index < -0.39 is 30.0 Å². The number of nitrogens with zero attached hydrogens (tertiary/aromatic N) is 1. The summed E-state index contributed by atoms with van der Waals surface area (Å²) in [4.78, 5) is 16.5. The third-order valence-corrected chi connectivity index (χ3v) is 4.85. The summed E-state index contributed by atoms with van der Waals surface area (Å²) < 4.78 is 22.8. The van der Waals surface area contributed by atoms with Gasteiger partial charge in [-0.3, -0.25) is 0 Å². The fourth-order valence-electron chi connectivity index (χ4n) is 2.56. The van der Waals surface area contributed by atoms with E-state index in [0.29, 0.717) is 22.7 Å². The van der Waals surface area contributed by atoms with E-state index in [4.69, 9.17) is 24.5 Å². The predicted octanol–water partition coefficient (Wildman–Crippen LogP) is 3.21. The lowest BCUT2D eigenvalue weighted by Crippen LogP contribution is -2.41. The van der Waals surface area contributed by atoms with Crippen LogP contribution in [0, 0.1) is 0 Å². The highest BCUT2D eigenvalue weighted by Gasteiger charge is 2.52. The van der Waals surface area contributed by atoms with E-state index >= 15 is 0 Å². The smallest absolute Gasteiger partial charge is 0.481 e. The molecule has 29 heavy (non-hydrogen) atoms. The zero-order valence-electron chi connectivity index (χ0n) is 18.6. The third-order valence-electron chi connectivity index (χ3n) is 4.85. The Morgan fingerprint density at radius 2 is 1.83 bits per heavy atom. The van der Waals surface area contributed by atoms with Gasteiger partial charge >= 0.3 is 13.2 Å². The summed E-state index contributed by atoms with van der Waals surface area (Å²) in [6, 6.07) is 3.39. The number of methoxy groups -OCH3 is 1. The lowest BCUT2D eigenvalue weighted by molar-refractivity contribution is 0.00578. The molecule has 1 fully saturated rings. The number of pyridine rings is 1. The van der Waals surface area contributed by atoms with Crippen molar-refractivity contribution in [1.29, 1.82) is 0 Å². The molecule has 1 saturated heterocycles. The van der Waals surface area contributed by atoms with Crippen molar-refractivity contribution in [3.05, 3.63) is 23.3 Å². The van der Waals surface area contributed by atoms with Crippen molar-refractivity contribution in [3.63, 3.8) is 0 Å². The second kappa shape index (κ2) is 8.24. The molecule has 1 aliphatic rings. The predicted molar refractivity (Wildman–Crippen MR) is 113 cm³/mol. The van der Waals surface area contributed by atoms with Crippen molar-refractivity contribution in [2.24, 2.45) is 0 Å². The van der Waals surface area contributed by atoms with Gasteiger partial charge < -0.3 is 29.8 Å². The number of nitrogens with two attached hydrogens (primary N) is 1. The van der Waals surface area contributed by atoms with Crippen LogP contribution >= 0.6 is 0 Å². The number of ether oxygens (including phenoxy) is 2. The van der Waals surface area contributed by atoms with Crippen LogP contribution in [0.1, 0.15) is 54.2 Å². The molecule has 8 nitrogen and oxygen atoms in total. The normalized spacial score (nSPS) is 18.5. The molecule has 0 aromatic carbocycles. The van der Waals surface area contributed by atoms with Crippen molar-refractivity contribution in [3.8, 4) is 5.88 Å². The molecule has 0 atom stereocenters. The number of carbonyl (C=O) groups is 1. The molecule has 160 valence electrons. The number of nitrogen functional groups attached to an aromatic ring is 1. The Hall–Kier alpha value is -2.26. The summed E-state index contributed by atoms with van der Waals surface area (Å²) in [5.74, 6) is 0.429. The van der Waals surface area contributed by atoms with E-state index in [0.717, 1.165) is 0 Å². The number of alkyl carbamates (subject to hydrolysis) is 1. The van der Waals surface area contributed by atoms with Gasteiger partial charge in [-0.2, -0.15) is 0 Å². The molecule has 0 unspecified atom stereocenters. The van der Waals surface area contributed by atoms with E-state index in [1.165, 1.54) is 7.11 Å². The zero-order valence-corrected chi connectivity index (χ0v) is 18.6. The van der Waals surface area contributed by atoms with E-state index in [2.05, 4.69) is 10.3 Å². The second-order valence-electron chi connectivity index (χ2n) is 8.99. The topological polar surface area (TPSA) is 105 Å². The minimum Gasteiger partial charge on any atom is -0.481 e. The Bertz CT molecular complexity index is 771. The Labute approximate surface area is 173 Å². The van der Waals surface area contributed by atoms with Gasteiger partial charge in [0.15, 0.2) is 0 Å². The Balaban J connectivity index is 2.33. The number of rotatable bonds is 5. The van der Waals surface area contributed by atoms with Crippen LogP contribution < -0.4 is 15.8 Å². The van der Waals surface area contributed by atoms with Gasteiger partial charge in [-0.05, 0) is 66.1 Å². The standard InChI is InChI=1S/C20H32BN3O5/c1-18(2,3)27-17(25)23-12-13(21-28-19(4,5)20(6,7)29-21)11-15-14(22)9-10-16(24-15)26-8/h9-11H,12,22H2,1-8H3,(H,23,25). The minimum absolute atomic E-state index is 0.143. The summed E-state index contributed by atoms with van der Waals surface area (Å²) in [7, 11) is 0.855. The van der Waals surface area contributed by atoms with Crippen LogP contribution in [0.4, 0.5) is 10.5 Å². The van der Waals surface area contributed by atoms with Crippen LogP contribution in [0.5, 0.6) is 5.88 Å². The van der Waals surface area contributed by atoms with E-state index in [-0.39, 0.29) is 6.54 Å².